The second-order valence-corrected chi connectivity index (χ2v) is 10.3. The molecule has 1 aromatic heterocycles. The van der Waals surface area contributed by atoms with Crippen LogP contribution in [-0.2, 0) is 9.53 Å². The highest BCUT2D eigenvalue weighted by atomic mass is 79.9. The van der Waals surface area contributed by atoms with Crippen LogP contribution in [0.5, 0.6) is 0 Å². The third kappa shape index (κ3) is 7.78. The van der Waals surface area contributed by atoms with E-state index < -0.39 is 29.4 Å². The van der Waals surface area contributed by atoms with Crippen molar-refractivity contribution in [1.82, 2.24) is 10.3 Å². The predicted molar refractivity (Wildman–Crippen MR) is 151 cm³/mol. The first-order chi connectivity index (χ1) is 18.3. The molecule has 1 unspecified atom stereocenters. The van der Waals surface area contributed by atoms with E-state index in [4.69, 9.17) is 22.1 Å². The van der Waals surface area contributed by atoms with Gasteiger partial charge in [-0.05, 0) is 70.0 Å². The van der Waals surface area contributed by atoms with E-state index >= 15 is 0 Å². The maximum atomic E-state index is 13.4. The van der Waals surface area contributed by atoms with Gasteiger partial charge in [0, 0.05) is 28.3 Å². The standard InChI is InChI=1S/C25H21Br2ClF3N5O3/c1-12(11-39-2)34-23(37)16-9-13-8-14(26)5-6-15(13)20(27)21(16)36-24(38)18(10-19(32)25(29,30)31)35-22-17(28)4-3-7-33-22/h3-10,12H,11,32H2,1-2H3,(H,34,37)(H,36,38). The van der Waals surface area contributed by atoms with Gasteiger partial charge in [0.15, 0.2) is 5.82 Å². The molecule has 8 nitrogen and oxygen atoms in total. The van der Waals surface area contributed by atoms with Gasteiger partial charge in [-0.15, -0.1) is 0 Å². The summed E-state index contributed by atoms with van der Waals surface area (Å²) < 4.78 is 45.9. The molecule has 3 rings (SSSR count). The van der Waals surface area contributed by atoms with E-state index in [9.17, 15) is 22.8 Å². The maximum absolute atomic E-state index is 13.4. The van der Waals surface area contributed by atoms with Gasteiger partial charge in [-0.25, -0.2) is 9.98 Å². The number of carbonyl (C=O) groups is 2. The highest BCUT2D eigenvalue weighted by Crippen LogP contribution is 2.36. The van der Waals surface area contributed by atoms with E-state index in [-0.39, 0.29) is 34.7 Å². The maximum Gasteiger partial charge on any atom is 0.430 e. The summed E-state index contributed by atoms with van der Waals surface area (Å²) in [6.07, 6.45) is -3.26. The number of nitrogens with one attached hydrogen (secondary N) is 2. The van der Waals surface area contributed by atoms with Crippen LogP contribution in [0.25, 0.3) is 10.8 Å². The number of amides is 2. The Bertz CT molecular complexity index is 1480. The largest absolute Gasteiger partial charge is 0.430 e. The quantitative estimate of drug-likeness (QED) is 0.240. The third-order valence-electron chi connectivity index (χ3n) is 5.13. The van der Waals surface area contributed by atoms with Crippen molar-refractivity contribution >= 4 is 83.3 Å². The zero-order valence-corrected chi connectivity index (χ0v) is 24.3. The van der Waals surface area contributed by atoms with Crippen molar-refractivity contribution in [1.29, 1.82) is 0 Å². The number of rotatable bonds is 8. The number of aliphatic imine (C=N–C) groups is 1. The first-order valence-corrected chi connectivity index (χ1v) is 13.0. The smallest absolute Gasteiger partial charge is 0.395 e. The summed E-state index contributed by atoms with van der Waals surface area (Å²) in [6.45, 7) is 1.94. The number of hydrogen-bond donors (Lipinski definition) is 3. The Labute approximate surface area is 243 Å². The third-order valence-corrected chi connectivity index (χ3v) is 6.75. The number of carbonyl (C=O) groups excluding carboxylic acids is 2. The minimum Gasteiger partial charge on any atom is -0.395 e. The molecule has 0 bridgehead atoms. The lowest BCUT2D eigenvalue weighted by atomic mass is 10.0. The summed E-state index contributed by atoms with van der Waals surface area (Å²) in [4.78, 5) is 34.4. The van der Waals surface area contributed by atoms with E-state index in [2.05, 4.69) is 52.5 Å². The number of methoxy groups -OCH3 is 1. The normalized spacial score (nSPS) is 13.3. The molecule has 0 radical (unpaired) electrons. The molecule has 1 atom stereocenters. The van der Waals surface area contributed by atoms with Crippen molar-refractivity contribution in [3.05, 3.63) is 73.9 Å². The average molecular weight is 692 g/mol. The molecule has 0 saturated heterocycles. The van der Waals surface area contributed by atoms with Crippen LogP contribution in [-0.4, -0.2) is 48.4 Å². The van der Waals surface area contributed by atoms with Crippen molar-refractivity contribution < 1.29 is 27.5 Å². The van der Waals surface area contributed by atoms with Crippen molar-refractivity contribution in [3.8, 4) is 0 Å². The molecule has 0 fully saturated rings. The summed E-state index contributed by atoms with van der Waals surface area (Å²) in [7, 11) is 1.48. The molecular weight excluding hydrogens is 671 g/mol. The number of hydrogen-bond acceptors (Lipinski definition) is 6. The molecular formula is C25H21Br2ClF3N5O3. The molecule has 0 saturated carbocycles. The summed E-state index contributed by atoms with van der Waals surface area (Å²) in [6, 6.07) is 9.30. The van der Waals surface area contributed by atoms with E-state index in [0.29, 0.717) is 21.3 Å². The summed E-state index contributed by atoms with van der Waals surface area (Å²) >= 11 is 12.9. The number of ether oxygens (including phenoxy) is 1. The summed E-state index contributed by atoms with van der Waals surface area (Å²) in [5, 5.41) is 6.53. The second kappa shape index (κ2) is 12.9. The molecule has 14 heteroatoms. The van der Waals surface area contributed by atoms with Gasteiger partial charge in [0.05, 0.1) is 22.9 Å². The van der Waals surface area contributed by atoms with Gasteiger partial charge in [-0.1, -0.05) is 33.6 Å². The molecule has 3 aromatic rings. The Morgan fingerprint density at radius 3 is 2.62 bits per heavy atom. The number of fused-ring (bicyclic) bond motifs is 1. The van der Waals surface area contributed by atoms with Gasteiger partial charge in [-0.2, -0.15) is 13.2 Å². The van der Waals surface area contributed by atoms with Crippen LogP contribution in [0, 0.1) is 0 Å². The SMILES string of the molecule is COCC(C)NC(=O)c1cc2cc(Br)ccc2c(Br)c1NC(=O)C(C=C(N)C(F)(F)F)=Nc1ncccc1Cl. The number of aromatic nitrogens is 1. The molecule has 206 valence electrons. The van der Waals surface area contributed by atoms with Crippen LogP contribution in [0.2, 0.25) is 5.02 Å². The van der Waals surface area contributed by atoms with Gasteiger partial charge in [0.1, 0.15) is 11.4 Å². The molecule has 4 N–H and O–H groups in total. The second-order valence-electron chi connectivity index (χ2n) is 8.17. The topological polar surface area (TPSA) is 119 Å². The number of allylic oxidation sites excluding steroid dienone is 1. The lowest BCUT2D eigenvalue weighted by Gasteiger charge is -2.18. The summed E-state index contributed by atoms with van der Waals surface area (Å²) in [5.41, 5.74) is 2.90. The monoisotopic (exact) mass is 689 g/mol. The first-order valence-electron chi connectivity index (χ1n) is 11.1. The Morgan fingerprint density at radius 1 is 1.26 bits per heavy atom. The van der Waals surface area contributed by atoms with Crippen LogP contribution in [0.3, 0.4) is 0 Å². The average Bonchev–Trinajstić information content (AvgIpc) is 2.85. The van der Waals surface area contributed by atoms with Crippen LogP contribution in [0.4, 0.5) is 24.7 Å². The number of benzene rings is 2. The van der Waals surface area contributed by atoms with Gasteiger partial charge < -0.3 is 21.1 Å². The van der Waals surface area contributed by atoms with Crippen LogP contribution in [0.1, 0.15) is 17.3 Å². The first kappa shape index (κ1) is 30.5. The van der Waals surface area contributed by atoms with Crippen LogP contribution >= 0.6 is 43.5 Å². The van der Waals surface area contributed by atoms with Crippen molar-refractivity contribution in [2.24, 2.45) is 10.7 Å². The predicted octanol–water partition coefficient (Wildman–Crippen LogP) is 6.29. The molecule has 0 aliphatic carbocycles. The molecule has 1 heterocycles. The Morgan fingerprint density at radius 2 is 1.97 bits per heavy atom. The molecule has 2 aromatic carbocycles. The molecule has 0 aliphatic rings. The van der Waals surface area contributed by atoms with Crippen LogP contribution in [0.15, 0.2) is 68.3 Å². The van der Waals surface area contributed by atoms with E-state index in [1.165, 1.54) is 25.4 Å². The fourth-order valence-electron chi connectivity index (χ4n) is 3.36. The Kier molecular flexibility index (Phi) is 10.1. The summed E-state index contributed by atoms with van der Waals surface area (Å²) in [5.74, 6) is -1.86. The zero-order valence-electron chi connectivity index (χ0n) is 20.4. The van der Waals surface area contributed by atoms with Gasteiger partial charge in [-0.3, -0.25) is 9.59 Å². The van der Waals surface area contributed by atoms with E-state index in [1.54, 1.807) is 31.2 Å². The molecule has 2 amide bonds. The van der Waals surface area contributed by atoms with Crippen molar-refractivity contribution in [2.75, 3.05) is 19.0 Å². The van der Waals surface area contributed by atoms with Crippen molar-refractivity contribution in [2.45, 2.75) is 19.1 Å². The van der Waals surface area contributed by atoms with Gasteiger partial charge >= 0.3 is 6.18 Å². The van der Waals surface area contributed by atoms with Gasteiger partial charge in [0.2, 0.25) is 0 Å². The molecule has 0 spiro atoms. The number of alkyl halides is 3. The number of pyridine rings is 1. The van der Waals surface area contributed by atoms with Crippen LogP contribution < -0.4 is 16.4 Å². The minimum absolute atomic E-state index is 0.00395. The fraction of sp³-hybridized carbons (Fsp3) is 0.200. The number of nitrogens with two attached hydrogens (primary N) is 1. The number of halogens is 6. The number of nitrogens with zero attached hydrogens (tertiary/aromatic N) is 2. The Balaban J connectivity index is 2.16. The fourth-order valence-corrected chi connectivity index (χ4v) is 4.57. The van der Waals surface area contributed by atoms with Crippen molar-refractivity contribution in [3.63, 3.8) is 0 Å². The Hall–Kier alpha value is -3.00. The highest BCUT2D eigenvalue weighted by molar-refractivity contribution is 9.11. The van der Waals surface area contributed by atoms with Gasteiger partial charge in [0.25, 0.3) is 11.8 Å². The van der Waals surface area contributed by atoms with E-state index in [1.807, 2.05) is 0 Å². The minimum atomic E-state index is -4.94. The highest BCUT2D eigenvalue weighted by Gasteiger charge is 2.33. The lowest BCUT2D eigenvalue weighted by Crippen LogP contribution is -2.36. The molecule has 39 heavy (non-hydrogen) atoms. The molecule has 0 aliphatic heterocycles. The van der Waals surface area contributed by atoms with E-state index in [0.717, 1.165) is 4.47 Å². The number of anilines is 1. The zero-order chi connectivity index (χ0) is 28.9. The lowest BCUT2D eigenvalue weighted by molar-refractivity contribution is -0.110.